The summed E-state index contributed by atoms with van der Waals surface area (Å²) in [5, 5.41) is 0.640. The number of aryl methyl sites for hydroxylation is 1. The number of aromatic nitrogens is 2. The first-order valence-corrected chi connectivity index (χ1v) is 14.8. The van der Waals surface area contributed by atoms with Gasteiger partial charge in [-0.15, -0.1) is 0 Å². The molecule has 0 bridgehead atoms. The second-order valence-corrected chi connectivity index (χ2v) is 11.9. The lowest BCUT2D eigenvalue weighted by molar-refractivity contribution is 0.0369. The zero-order valence-electron chi connectivity index (χ0n) is 20.4. The number of benzene rings is 2. The summed E-state index contributed by atoms with van der Waals surface area (Å²) in [7, 11) is -3.67. The number of fused-ring (bicyclic) bond motifs is 1. The molecule has 1 aromatic heterocycles. The number of morpholine rings is 2. The van der Waals surface area contributed by atoms with E-state index in [0.29, 0.717) is 43.5 Å². The molecule has 37 heavy (non-hydrogen) atoms. The van der Waals surface area contributed by atoms with E-state index in [2.05, 4.69) is 4.90 Å². The van der Waals surface area contributed by atoms with Gasteiger partial charge in [0.05, 0.1) is 42.4 Å². The Hall–Kier alpha value is -2.09. The molecular formula is C25H30F2N4O4S2. The van der Waals surface area contributed by atoms with Crippen molar-refractivity contribution in [3.05, 3.63) is 53.6 Å². The lowest BCUT2D eigenvalue weighted by Crippen LogP contribution is -2.40. The molecule has 0 spiro atoms. The Kier molecular flexibility index (Phi) is 8.42. The molecule has 3 aromatic rings. The smallest absolute Gasteiger partial charge is 0.243 e. The summed E-state index contributed by atoms with van der Waals surface area (Å²) in [6.45, 7) is 6.19. The predicted molar refractivity (Wildman–Crippen MR) is 137 cm³/mol. The van der Waals surface area contributed by atoms with Crippen LogP contribution in [0.4, 0.5) is 8.78 Å². The van der Waals surface area contributed by atoms with Gasteiger partial charge in [0.25, 0.3) is 0 Å². The number of ether oxygens (including phenoxy) is 2. The van der Waals surface area contributed by atoms with Crippen LogP contribution in [0, 0.1) is 11.6 Å². The van der Waals surface area contributed by atoms with E-state index in [-0.39, 0.29) is 16.2 Å². The van der Waals surface area contributed by atoms with E-state index in [1.54, 1.807) is 24.3 Å². The molecule has 12 heteroatoms. The minimum Gasteiger partial charge on any atom is -0.379 e. The molecule has 0 aliphatic carbocycles. The molecule has 0 unspecified atom stereocenters. The molecule has 3 heterocycles. The minimum atomic E-state index is -3.67. The first-order chi connectivity index (χ1) is 17.9. The van der Waals surface area contributed by atoms with Crippen LogP contribution in [-0.4, -0.2) is 86.3 Å². The molecule has 2 saturated heterocycles. The van der Waals surface area contributed by atoms with Crippen molar-refractivity contribution < 1.29 is 26.7 Å². The minimum absolute atomic E-state index is 0.188. The van der Waals surface area contributed by atoms with Crippen molar-refractivity contribution in [2.45, 2.75) is 28.8 Å². The van der Waals surface area contributed by atoms with Gasteiger partial charge >= 0.3 is 0 Å². The average molecular weight is 553 g/mol. The van der Waals surface area contributed by atoms with E-state index in [4.69, 9.17) is 14.5 Å². The fraction of sp³-hybridized carbons (Fsp3) is 0.480. The van der Waals surface area contributed by atoms with Crippen LogP contribution >= 0.6 is 11.8 Å². The van der Waals surface area contributed by atoms with E-state index in [1.807, 2.05) is 4.57 Å². The summed E-state index contributed by atoms with van der Waals surface area (Å²) in [6, 6.07) is 9.16. The molecule has 0 atom stereocenters. The molecule has 8 nitrogen and oxygen atoms in total. The number of nitrogens with zero attached hydrogens (tertiary/aromatic N) is 4. The number of imidazole rings is 1. The highest BCUT2D eigenvalue weighted by molar-refractivity contribution is 7.98. The molecule has 2 aliphatic heterocycles. The second kappa shape index (κ2) is 11.7. The van der Waals surface area contributed by atoms with Gasteiger partial charge in [-0.25, -0.2) is 22.2 Å². The number of thioether (sulfide) groups is 1. The SMILES string of the molecule is O=S(=O)(c1ccc2c(c1)nc(SCc1cccc(F)c1F)n2CCCN1CCOCC1)N1CCOCC1. The van der Waals surface area contributed by atoms with Gasteiger partial charge in [-0.1, -0.05) is 23.9 Å². The number of sulfonamides is 1. The topological polar surface area (TPSA) is 76.9 Å². The fourth-order valence-corrected chi connectivity index (χ4v) is 7.03. The van der Waals surface area contributed by atoms with Crippen LogP contribution in [-0.2, 0) is 31.8 Å². The second-order valence-electron chi connectivity index (χ2n) is 9.02. The Bertz CT molecular complexity index is 1340. The number of rotatable bonds is 9. The zero-order valence-corrected chi connectivity index (χ0v) is 22.1. The van der Waals surface area contributed by atoms with Crippen molar-refractivity contribution >= 4 is 32.8 Å². The largest absolute Gasteiger partial charge is 0.379 e. The number of hydrogen-bond acceptors (Lipinski definition) is 7. The summed E-state index contributed by atoms with van der Waals surface area (Å²) < 4.78 is 68.6. The highest BCUT2D eigenvalue weighted by atomic mass is 32.2. The van der Waals surface area contributed by atoms with Gasteiger partial charge in [0, 0.05) is 50.6 Å². The van der Waals surface area contributed by atoms with Crippen LogP contribution in [0.1, 0.15) is 12.0 Å². The van der Waals surface area contributed by atoms with Gasteiger partial charge in [0.2, 0.25) is 10.0 Å². The van der Waals surface area contributed by atoms with Crippen LogP contribution in [0.3, 0.4) is 0 Å². The molecule has 0 saturated carbocycles. The normalized spacial score (nSPS) is 18.0. The highest BCUT2D eigenvalue weighted by Gasteiger charge is 2.27. The van der Waals surface area contributed by atoms with Crippen molar-refractivity contribution in [3.63, 3.8) is 0 Å². The molecule has 5 rings (SSSR count). The average Bonchev–Trinajstić information content (AvgIpc) is 3.27. The highest BCUT2D eigenvalue weighted by Crippen LogP contribution is 2.30. The Balaban J connectivity index is 1.41. The van der Waals surface area contributed by atoms with E-state index in [9.17, 15) is 17.2 Å². The molecule has 2 aliphatic rings. The van der Waals surface area contributed by atoms with Crippen molar-refractivity contribution in [1.82, 2.24) is 18.8 Å². The third kappa shape index (κ3) is 5.99. The predicted octanol–water partition coefficient (Wildman–Crippen LogP) is 3.35. The maximum Gasteiger partial charge on any atom is 0.243 e. The van der Waals surface area contributed by atoms with Crippen LogP contribution < -0.4 is 0 Å². The number of halogens is 2. The molecule has 0 N–H and O–H groups in total. The Labute approximate surface area is 219 Å². The third-order valence-electron chi connectivity index (χ3n) is 6.64. The van der Waals surface area contributed by atoms with Gasteiger partial charge in [0.1, 0.15) is 0 Å². The summed E-state index contributed by atoms with van der Waals surface area (Å²) in [5.74, 6) is -1.53. The summed E-state index contributed by atoms with van der Waals surface area (Å²) in [5.41, 5.74) is 1.63. The Morgan fingerprint density at radius 2 is 1.68 bits per heavy atom. The van der Waals surface area contributed by atoms with Crippen LogP contribution in [0.15, 0.2) is 46.5 Å². The monoisotopic (exact) mass is 552 g/mol. The van der Waals surface area contributed by atoms with Gasteiger partial charge in [-0.2, -0.15) is 4.31 Å². The van der Waals surface area contributed by atoms with Gasteiger partial charge in [0.15, 0.2) is 16.8 Å². The van der Waals surface area contributed by atoms with Crippen molar-refractivity contribution in [3.8, 4) is 0 Å². The summed E-state index contributed by atoms with van der Waals surface area (Å²) in [6.07, 6.45) is 0.862. The summed E-state index contributed by atoms with van der Waals surface area (Å²) in [4.78, 5) is 7.27. The van der Waals surface area contributed by atoms with Gasteiger partial charge < -0.3 is 14.0 Å². The lowest BCUT2D eigenvalue weighted by Gasteiger charge is -2.26. The quantitative estimate of drug-likeness (QED) is 0.377. The van der Waals surface area contributed by atoms with Crippen LogP contribution in [0.2, 0.25) is 0 Å². The maximum absolute atomic E-state index is 14.3. The number of hydrogen-bond donors (Lipinski definition) is 0. The molecule has 0 amide bonds. The van der Waals surface area contributed by atoms with E-state index in [1.165, 1.54) is 22.1 Å². The van der Waals surface area contributed by atoms with Crippen molar-refractivity contribution in [2.75, 3.05) is 59.2 Å². The fourth-order valence-electron chi connectivity index (χ4n) is 4.59. The van der Waals surface area contributed by atoms with Crippen LogP contribution in [0.5, 0.6) is 0 Å². The first kappa shape index (κ1) is 26.5. The molecule has 200 valence electrons. The molecular weight excluding hydrogens is 522 g/mol. The Morgan fingerprint density at radius 3 is 2.43 bits per heavy atom. The van der Waals surface area contributed by atoms with Gasteiger partial charge in [-0.3, -0.25) is 4.90 Å². The van der Waals surface area contributed by atoms with Crippen molar-refractivity contribution in [1.29, 1.82) is 0 Å². The first-order valence-electron chi connectivity index (χ1n) is 12.4. The molecule has 0 radical (unpaired) electrons. The Morgan fingerprint density at radius 1 is 0.946 bits per heavy atom. The van der Waals surface area contributed by atoms with Crippen LogP contribution in [0.25, 0.3) is 11.0 Å². The zero-order chi connectivity index (χ0) is 25.8. The maximum atomic E-state index is 14.3. The summed E-state index contributed by atoms with van der Waals surface area (Å²) >= 11 is 1.31. The standard InChI is InChI=1S/C25H30F2N4O4S2/c26-21-4-1-3-19(24(21)27)18-36-25-28-22-17-20(37(32,33)30-11-15-35-16-12-30)5-6-23(22)31(25)8-2-7-29-9-13-34-14-10-29/h1,3-6,17H,2,7-16,18H2. The van der Waals surface area contributed by atoms with Crippen molar-refractivity contribution in [2.24, 2.45) is 0 Å². The van der Waals surface area contributed by atoms with E-state index < -0.39 is 21.7 Å². The van der Waals surface area contributed by atoms with E-state index >= 15 is 0 Å². The lowest BCUT2D eigenvalue weighted by atomic mass is 10.2. The third-order valence-corrected chi connectivity index (χ3v) is 9.56. The molecule has 2 fully saturated rings. The van der Waals surface area contributed by atoms with Gasteiger partial charge in [-0.05, 0) is 30.7 Å². The van der Waals surface area contributed by atoms with E-state index in [0.717, 1.165) is 50.9 Å². The molecule has 2 aromatic carbocycles.